The maximum absolute atomic E-state index is 11.4. The quantitative estimate of drug-likeness (QED) is 0.617. The van der Waals surface area contributed by atoms with Gasteiger partial charge in [0.25, 0.3) is 5.69 Å². The first-order valence-electron chi connectivity index (χ1n) is 5.16. The summed E-state index contributed by atoms with van der Waals surface area (Å²) in [4.78, 5) is 10.2. The Morgan fingerprint density at radius 1 is 1.35 bits per heavy atom. The molecule has 0 aliphatic rings. The van der Waals surface area contributed by atoms with Crippen LogP contribution in [0.1, 0.15) is 18.9 Å². The first-order chi connectivity index (χ1) is 7.96. The highest BCUT2D eigenvalue weighted by Crippen LogP contribution is 2.17. The second kappa shape index (κ2) is 5.74. The minimum absolute atomic E-state index is 0.0215. The molecule has 7 heteroatoms. The van der Waals surface area contributed by atoms with Crippen LogP contribution in [0.4, 0.5) is 5.69 Å². The van der Waals surface area contributed by atoms with E-state index in [9.17, 15) is 18.5 Å². The van der Waals surface area contributed by atoms with E-state index in [0.717, 1.165) is 0 Å². The minimum atomic E-state index is -3.34. The second-order valence-electron chi connectivity index (χ2n) is 3.53. The molecule has 0 unspecified atom stereocenters. The lowest BCUT2D eigenvalue weighted by Crippen LogP contribution is -2.25. The van der Waals surface area contributed by atoms with E-state index in [1.807, 2.05) is 0 Å². The number of sulfonamides is 1. The van der Waals surface area contributed by atoms with Crippen LogP contribution < -0.4 is 4.72 Å². The molecule has 0 fully saturated rings. The van der Waals surface area contributed by atoms with Crippen molar-refractivity contribution in [2.24, 2.45) is 0 Å². The summed E-state index contributed by atoms with van der Waals surface area (Å²) in [5.74, 6) is 0.0215. The summed E-state index contributed by atoms with van der Waals surface area (Å²) in [7, 11) is -3.34. The van der Waals surface area contributed by atoms with Crippen molar-refractivity contribution in [3.8, 4) is 0 Å². The van der Waals surface area contributed by atoms with Gasteiger partial charge in [0, 0.05) is 18.2 Å². The highest BCUT2D eigenvalue weighted by atomic mass is 32.2. The number of para-hydroxylation sites is 1. The molecule has 0 spiro atoms. The van der Waals surface area contributed by atoms with Crippen molar-refractivity contribution >= 4 is 15.7 Å². The van der Waals surface area contributed by atoms with E-state index >= 15 is 0 Å². The monoisotopic (exact) mass is 258 g/mol. The molecular weight excluding hydrogens is 244 g/mol. The van der Waals surface area contributed by atoms with Crippen molar-refractivity contribution in [2.75, 3.05) is 5.75 Å². The average Bonchev–Trinajstić information content (AvgIpc) is 2.27. The number of rotatable bonds is 6. The van der Waals surface area contributed by atoms with E-state index in [2.05, 4.69) is 4.72 Å². The van der Waals surface area contributed by atoms with E-state index in [0.29, 0.717) is 12.0 Å². The molecule has 0 aromatic heterocycles. The molecular formula is C10H14N2O4S. The summed E-state index contributed by atoms with van der Waals surface area (Å²) in [6, 6.07) is 6.06. The molecule has 6 nitrogen and oxygen atoms in total. The number of nitrogens with one attached hydrogen (secondary N) is 1. The third kappa shape index (κ3) is 4.12. The van der Waals surface area contributed by atoms with E-state index in [4.69, 9.17) is 0 Å². The van der Waals surface area contributed by atoms with Crippen LogP contribution >= 0.6 is 0 Å². The Morgan fingerprint density at radius 2 is 2.00 bits per heavy atom. The van der Waals surface area contributed by atoms with Gasteiger partial charge in [0.15, 0.2) is 0 Å². The second-order valence-corrected chi connectivity index (χ2v) is 5.45. The maximum Gasteiger partial charge on any atom is 0.273 e. The minimum Gasteiger partial charge on any atom is -0.258 e. The topological polar surface area (TPSA) is 89.3 Å². The maximum atomic E-state index is 11.4. The van der Waals surface area contributed by atoms with Crippen LogP contribution in [-0.4, -0.2) is 19.1 Å². The van der Waals surface area contributed by atoms with Crippen LogP contribution in [-0.2, 0) is 16.6 Å². The third-order valence-electron chi connectivity index (χ3n) is 2.14. The first-order valence-corrected chi connectivity index (χ1v) is 6.81. The Labute approximate surface area is 99.9 Å². The Balaban J connectivity index is 2.80. The molecule has 0 radical (unpaired) electrons. The molecule has 1 aromatic rings. The van der Waals surface area contributed by atoms with Gasteiger partial charge in [-0.1, -0.05) is 25.1 Å². The molecule has 0 atom stereocenters. The standard InChI is InChI=1S/C10H14N2O4S/c1-2-7-17(15,16)11-8-9-5-3-4-6-10(9)12(13)14/h3-6,11H,2,7-8H2,1H3. The van der Waals surface area contributed by atoms with Crippen molar-refractivity contribution < 1.29 is 13.3 Å². The van der Waals surface area contributed by atoms with Crippen LogP contribution in [0.2, 0.25) is 0 Å². The van der Waals surface area contributed by atoms with Crippen LogP contribution in [0.15, 0.2) is 24.3 Å². The van der Waals surface area contributed by atoms with Gasteiger partial charge in [0.05, 0.1) is 10.7 Å². The Bertz CT molecular complexity index is 499. The number of benzene rings is 1. The Kier molecular flexibility index (Phi) is 4.59. The van der Waals surface area contributed by atoms with Crippen molar-refractivity contribution in [3.63, 3.8) is 0 Å². The molecule has 0 aliphatic carbocycles. The average molecular weight is 258 g/mol. The largest absolute Gasteiger partial charge is 0.273 e. The molecule has 17 heavy (non-hydrogen) atoms. The first kappa shape index (κ1) is 13.6. The van der Waals surface area contributed by atoms with Crippen LogP contribution in [0, 0.1) is 10.1 Å². The van der Waals surface area contributed by atoms with Crippen molar-refractivity contribution in [2.45, 2.75) is 19.9 Å². The number of hydrogen-bond acceptors (Lipinski definition) is 4. The zero-order valence-electron chi connectivity index (χ0n) is 9.42. The van der Waals surface area contributed by atoms with Crippen LogP contribution in [0.5, 0.6) is 0 Å². The van der Waals surface area contributed by atoms with E-state index in [1.54, 1.807) is 19.1 Å². The van der Waals surface area contributed by atoms with Crippen LogP contribution in [0.25, 0.3) is 0 Å². The van der Waals surface area contributed by atoms with Crippen molar-refractivity contribution in [1.82, 2.24) is 4.72 Å². The Hall–Kier alpha value is -1.47. The number of nitro benzene ring substituents is 1. The lowest BCUT2D eigenvalue weighted by molar-refractivity contribution is -0.385. The Morgan fingerprint density at radius 3 is 2.59 bits per heavy atom. The van der Waals surface area contributed by atoms with E-state index < -0.39 is 14.9 Å². The SMILES string of the molecule is CCCS(=O)(=O)NCc1ccccc1[N+](=O)[O-]. The lowest BCUT2D eigenvalue weighted by atomic mass is 10.2. The summed E-state index contributed by atoms with van der Waals surface area (Å²) < 4.78 is 25.1. The van der Waals surface area contributed by atoms with Crippen molar-refractivity contribution in [1.29, 1.82) is 0 Å². The van der Waals surface area contributed by atoms with Gasteiger partial charge < -0.3 is 0 Å². The fourth-order valence-electron chi connectivity index (χ4n) is 1.37. The van der Waals surface area contributed by atoms with Gasteiger partial charge in [0.2, 0.25) is 10.0 Å². The summed E-state index contributed by atoms with van der Waals surface area (Å²) >= 11 is 0. The molecule has 0 heterocycles. The summed E-state index contributed by atoms with van der Waals surface area (Å²) in [5.41, 5.74) is 0.281. The fraction of sp³-hybridized carbons (Fsp3) is 0.400. The number of nitro groups is 1. The number of nitrogens with zero attached hydrogens (tertiary/aromatic N) is 1. The molecule has 1 N–H and O–H groups in total. The molecule has 1 rings (SSSR count). The molecule has 1 aromatic carbocycles. The van der Waals surface area contributed by atoms with Gasteiger partial charge in [-0.3, -0.25) is 10.1 Å². The van der Waals surface area contributed by atoms with Gasteiger partial charge in [-0.25, -0.2) is 13.1 Å². The van der Waals surface area contributed by atoms with E-state index in [-0.39, 0.29) is 18.0 Å². The number of hydrogen-bond donors (Lipinski definition) is 1. The summed E-state index contributed by atoms with van der Waals surface area (Å²) in [6.45, 7) is 1.70. The smallest absolute Gasteiger partial charge is 0.258 e. The van der Waals surface area contributed by atoms with Crippen molar-refractivity contribution in [3.05, 3.63) is 39.9 Å². The van der Waals surface area contributed by atoms with Gasteiger partial charge in [-0.05, 0) is 6.42 Å². The molecule has 0 aliphatic heterocycles. The van der Waals surface area contributed by atoms with Gasteiger partial charge >= 0.3 is 0 Å². The predicted octanol–water partition coefficient (Wildman–Crippen LogP) is 1.42. The summed E-state index contributed by atoms with van der Waals surface area (Å²) in [5, 5.41) is 10.7. The van der Waals surface area contributed by atoms with Gasteiger partial charge in [-0.2, -0.15) is 0 Å². The van der Waals surface area contributed by atoms with Crippen LogP contribution in [0.3, 0.4) is 0 Å². The molecule has 94 valence electrons. The molecule has 0 amide bonds. The van der Waals surface area contributed by atoms with Gasteiger partial charge in [-0.15, -0.1) is 0 Å². The normalized spacial score (nSPS) is 11.4. The highest BCUT2D eigenvalue weighted by molar-refractivity contribution is 7.89. The van der Waals surface area contributed by atoms with Gasteiger partial charge in [0.1, 0.15) is 0 Å². The predicted molar refractivity (Wildman–Crippen MR) is 64.0 cm³/mol. The van der Waals surface area contributed by atoms with E-state index in [1.165, 1.54) is 12.1 Å². The molecule has 0 bridgehead atoms. The highest BCUT2D eigenvalue weighted by Gasteiger charge is 2.15. The molecule has 0 saturated heterocycles. The lowest BCUT2D eigenvalue weighted by Gasteiger charge is -2.05. The third-order valence-corrected chi connectivity index (χ3v) is 3.67. The molecule has 0 saturated carbocycles. The fourth-order valence-corrected chi connectivity index (χ4v) is 2.42. The zero-order chi connectivity index (χ0) is 12.9. The zero-order valence-corrected chi connectivity index (χ0v) is 10.2. The summed E-state index contributed by atoms with van der Waals surface area (Å²) in [6.07, 6.45) is 0.506.